The first kappa shape index (κ1) is 37.4. The van der Waals surface area contributed by atoms with E-state index in [2.05, 4.69) is 5.32 Å². The predicted molar refractivity (Wildman–Crippen MR) is 214 cm³/mol. The van der Waals surface area contributed by atoms with Crippen LogP contribution in [0, 0.1) is 0 Å². The Morgan fingerprint density at radius 3 is 2.03 bits per heavy atom. The summed E-state index contributed by atoms with van der Waals surface area (Å²) in [6, 6.07) is 28.2. The minimum atomic E-state index is -4.33. The van der Waals surface area contributed by atoms with E-state index in [-0.39, 0.29) is 54.7 Å². The molecule has 0 bridgehead atoms. The van der Waals surface area contributed by atoms with E-state index in [1.54, 1.807) is 87.5 Å². The average molecular weight is 848 g/mol. The number of anilines is 2. The number of sulfonamides is 1. The van der Waals surface area contributed by atoms with Crippen molar-refractivity contribution in [3.05, 3.63) is 120 Å². The number of nitrogens with one attached hydrogen (secondary N) is 1. The first-order valence-corrected chi connectivity index (χ1v) is 22.6. The molecule has 8 aliphatic rings. The van der Waals surface area contributed by atoms with Crippen LogP contribution in [0.25, 0.3) is 0 Å². The van der Waals surface area contributed by atoms with Crippen molar-refractivity contribution in [2.45, 2.75) is 82.8 Å². The van der Waals surface area contributed by atoms with Gasteiger partial charge in [0.05, 0.1) is 28.0 Å². The van der Waals surface area contributed by atoms with E-state index in [0.29, 0.717) is 35.5 Å². The number of hydrogen-bond donors (Lipinski definition) is 1. The van der Waals surface area contributed by atoms with Crippen LogP contribution in [0.4, 0.5) is 11.4 Å². The van der Waals surface area contributed by atoms with E-state index < -0.39 is 68.4 Å². The standard InChI is InChI=1S/C37H34N6O7S.C6H6O2S/c44-30-28-18-37(36-17-27-31(45)40-20-50-19-29(40)33(47)41(27)34(36)38-24-13-6-4-11-22(24)36)23-12-5-7-14-25(23)43(51(48,49)21-9-2-1-3-10-21)35(37)42(28)32(46)26-15-8-16-39(26)30;7-9(8)6-4-2-1-3-5-6/h1-7,9-14,26-29,34-35,38H,8,15-20H2;1-5H,(H,7,8)/p-1/t26-,27-,28-,29-,34+,35-,36-,37?;/m0./s1. The van der Waals surface area contributed by atoms with Crippen LogP contribution >= 0.6 is 0 Å². The zero-order chi connectivity index (χ0) is 41.3. The number of benzene rings is 4. The van der Waals surface area contributed by atoms with Crippen LogP contribution in [0.2, 0.25) is 0 Å². The number of carbonyl (C=O) groups is 4. The molecule has 6 saturated heterocycles. The minimum Gasteiger partial charge on any atom is -0.768 e. The van der Waals surface area contributed by atoms with Crippen LogP contribution < -0.4 is 9.62 Å². The van der Waals surface area contributed by atoms with Crippen molar-refractivity contribution in [2.24, 2.45) is 0 Å². The molecular weight excluding hydrogens is 809 g/mol. The van der Waals surface area contributed by atoms with Gasteiger partial charge in [0, 0.05) is 17.1 Å². The van der Waals surface area contributed by atoms with Crippen molar-refractivity contribution in [3.8, 4) is 0 Å². The van der Waals surface area contributed by atoms with Crippen LogP contribution in [0.1, 0.15) is 36.8 Å². The Balaban J connectivity index is 0.000000406. The number of amides is 4. The quantitative estimate of drug-likeness (QED) is 0.300. The molecule has 60 heavy (non-hydrogen) atoms. The molecule has 4 aromatic carbocycles. The zero-order valence-corrected chi connectivity index (χ0v) is 33.7. The molecule has 9 atom stereocenters. The average Bonchev–Trinajstić information content (AvgIpc) is 4.12. The van der Waals surface area contributed by atoms with Crippen LogP contribution in [-0.2, 0) is 55.8 Å². The van der Waals surface area contributed by atoms with Crippen molar-refractivity contribution in [3.63, 3.8) is 0 Å². The maximum Gasteiger partial charge on any atom is 0.266 e. The molecule has 4 amide bonds. The summed E-state index contributed by atoms with van der Waals surface area (Å²) in [7, 11) is -4.33. The SMILES string of the molecule is O=C1[C@@H]2C[C@]3(C45C[C@H]6C(=O)N7CCC[C@H]7C(=O)N6[C@H]4N(S(=O)(=O)c4ccccc4)c4ccccc45)c4ccccc4N[C@@H]3N2C(=O)[C@@H]2COCN12.O=S([O-])c1ccccc1. The molecule has 17 heteroatoms. The van der Waals surface area contributed by atoms with Gasteiger partial charge in [0.2, 0.25) is 23.6 Å². The third-order valence-electron chi connectivity index (χ3n) is 14.1. The van der Waals surface area contributed by atoms with E-state index in [4.69, 9.17) is 4.74 Å². The molecule has 4 aromatic rings. The Bertz CT molecular complexity index is 2640. The first-order chi connectivity index (χ1) is 29.0. The van der Waals surface area contributed by atoms with Gasteiger partial charge >= 0.3 is 0 Å². The Kier molecular flexibility index (Phi) is 8.22. The molecule has 308 valence electrons. The normalized spacial score (nSPS) is 32.2. The minimum absolute atomic E-state index is 0.0248. The third kappa shape index (κ3) is 4.71. The molecule has 0 aliphatic carbocycles. The maximum atomic E-state index is 15.1. The van der Waals surface area contributed by atoms with Gasteiger partial charge in [-0.25, -0.2) is 12.7 Å². The summed E-state index contributed by atoms with van der Waals surface area (Å²) in [6.45, 7) is 0.587. The molecule has 0 saturated carbocycles. The lowest BCUT2D eigenvalue weighted by Crippen LogP contribution is -2.68. The molecule has 0 aromatic heterocycles. The topological polar surface area (TPSA) is 180 Å². The second kappa shape index (κ2) is 13.2. The fraction of sp³-hybridized carbons (Fsp3) is 0.349. The summed E-state index contributed by atoms with van der Waals surface area (Å²) < 4.78 is 57.7. The molecule has 0 spiro atoms. The lowest BCUT2D eigenvalue weighted by molar-refractivity contribution is -0.158. The monoisotopic (exact) mass is 847 g/mol. The fourth-order valence-corrected chi connectivity index (χ4v) is 13.9. The second-order valence-corrected chi connectivity index (χ2v) is 19.3. The smallest absolute Gasteiger partial charge is 0.266 e. The van der Waals surface area contributed by atoms with Crippen molar-refractivity contribution in [1.29, 1.82) is 0 Å². The highest BCUT2D eigenvalue weighted by Gasteiger charge is 2.81. The van der Waals surface area contributed by atoms with E-state index in [1.807, 2.05) is 36.4 Å². The predicted octanol–water partition coefficient (Wildman–Crippen LogP) is 2.48. The summed E-state index contributed by atoms with van der Waals surface area (Å²) >= 11 is -2.08. The molecule has 8 heterocycles. The molecule has 6 fully saturated rings. The lowest BCUT2D eigenvalue weighted by Gasteiger charge is -2.49. The van der Waals surface area contributed by atoms with Crippen molar-refractivity contribution in [2.75, 3.05) is 29.5 Å². The zero-order valence-electron chi connectivity index (χ0n) is 32.0. The lowest BCUT2D eigenvalue weighted by atomic mass is 9.54. The Labute approximate surface area is 348 Å². The number of ether oxygens (including phenoxy) is 1. The van der Waals surface area contributed by atoms with E-state index >= 15 is 8.42 Å². The number of para-hydroxylation sites is 2. The number of rotatable bonds is 4. The van der Waals surface area contributed by atoms with Gasteiger partial charge in [-0.2, -0.15) is 0 Å². The third-order valence-corrected chi connectivity index (χ3v) is 16.5. The summed E-state index contributed by atoms with van der Waals surface area (Å²) in [5.74, 6) is -0.909. The summed E-state index contributed by atoms with van der Waals surface area (Å²) in [4.78, 5) is 65.1. The van der Waals surface area contributed by atoms with Gasteiger partial charge in [0.15, 0.2) is 0 Å². The Morgan fingerprint density at radius 2 is 1.30 bits per heavy atom. The summed E-state index contributed by atoms with van der Waals surface area (Å²) in [5, 5.41) is 3.64. The van der Waals surface area contributed by atoms with Crippen LogP contribution in [0.5, 0.6) is 0 Å². The highest BCUT2D eigenvalue weighted by atomic mass is 32.2. The van der Waals surface area contributed by atoms with Gasteiger partial charge in [0.25, 0.3) is 10.0 Å². The van der Waals surface area contributed by atoms with Gasteiger partial charge in [0.1, 0.15) is 43.2 Å². The molecule has 2 unspecified atom stereocenters. The van der Waals surface area contributed by atoms with Gasteiger partial charge < -0.3 is 34.2 Å². The number of hydrogen-bond acceptors (Lipinski definition) is 10. The van der Waals surface area contributed by atoms with Gasteiger partial charge in [-0.05, 0) is 84.3 Å². The molecular formula is C43H39N6O9S2-. The van der Waals surface area contributed by atoms with Crippen molar-refractivity contribution >= 4 is 56.1 Å². The van der Waals surface area contributed by atoms with Crippen LogP contribution in [0.15, 0.2) is 119 Å². The first-order valence-electron chi connectivity index (χ1n) is 20.0. The Hall–Kier alpha value is -5.62. The Morgan fingerprint density at radius 1 is 0.683 bits per heavy atom. The fourth-order valence-electron chi connectivity index (χ4n) is 11.8. The summed E-state index contributed by atoms with van der Waals surface area (Å²) in [5.41, 5.74) is 0.309. The highest BCUT2D eigenvalue weighted by molar-refractivity contribution is 7.93. The molecule has 1 N–H and O–H groups in total. The number of piperazine rings is 2. The number of nitrogens with zero attached hydrogens (tertiary/aromatic N) is 5. The molecule has 12 rings (SSSR count). The molecule has 15 nitrogen and oxygen atoms in total. The molecule has 8 aliphatic heterocycles. The summed E-state index contributed by atoms with van der Waals surface area (Å²) in [6.07, 6.45) is -0.460. The number of fused-ring (bicyclic) bond motifs is 13. The molecule has 0 radical (unpaired) electrons. The van der Waals surface area contributed by atoms with Gasteiger partial charge in [-0.3, -0.25) is 23.4 Å². The van der Waals surface area contributed by atoms with Crippen LogP contribution in [0.3, 0.4) is 0 Å². The van der Waals surface area contributed by atoms with Crippen molar-refractivity contribution in [1.82, 2.24) is 19.6 Å². The van der Waals surface area contributed by atoms with E-state index in [0.717, 1.165) is 11.3 Å². The van der Waals surface area contributed by atoms with Gasteiger partial charge in [-0.15, -0.1) is 0 Å². The van der Waals surface area contributed by atoms with Gasteiger partial charge in [-0.1, -0.05) is 72.8 Å². The largest absolute Gasteiger partial charge is 0.768 e. The van der Waals surface area contributed by atoms with E-state index in [1.165, 1.54) is 9.21 Å². The van der Waals surface area contributed by atoms with Crippen molar-refractivity contribution < 1.29 is 41.1 Å². The second-order valence-electron chi connectivity index (χ2n) is 16.5. The van der Waals surface area contributed by atoms with E-state index in [9.17, 15) is 27.9 Å². The van der Waals surface area contributed by atoms with Crippen LogP contribution in [-0.4, -0.2) is 117 Å². The highest BCUT2D eigenvalue weighted by Crippen LogP contribution is 2.71. The number of carbonyl (C=O) groups excluding carboxylic acids is 4. The maximum absolute atomic E-state index is 15.1.